The van der Waals surface area contributed by atoms with Crippen LogP contribution in [0.4, 0.5) is 0 Å². The van der Waals surface area contributed by atoms with E-state index in [2.05, 4.69) is 20.8 Å². The van der Waals surface area contributed by atoms with Crippen LogP contribution in [0.25, 0.3) is 0 Å². The summed E-state index contributed by atoms with van der Waals surface area (Å²) in [5.74, 6) is 1.61. The molecular weight excluding hydrogens is 290 g/mol. The third-order valence-corrected chi connectivity index (χ3v) is 5.35. The standard InChI is InChI=1S/C17H21N5O/c23-17(19-16-9-8-13-2-1-3-15(13)16)14-6-4-12(5-7-14)10-22-11-18-20-21-22/h4-7,11,13,15-16H,1-3,8-10H2,(H,19,23)/t13-,15-,16-/m0/s1. The van der Waals surface area contributed by atoms with Crippen LogP contribution in [0.1, 0.15) is 48.0 Å². The fourth-order valence-electron chi connectivity index (χ4n) is 4.19. The summed E-state index contributed by atoms with van der Waals surface area (Å²) >= 11 is 0. The maximum atomic E-state index is 12.5. The van der Waals surface area contributed by atoms with Gasteiger partial charge in [0.2, 0.25) is 0 Å². The summed E-state index contributed by atoms with van der Waals surface area (Å²) in [6.07, 6.45) is 7.95. The van der Waals surface area contributed by atoms with Crippen LogP contribution in [0.2, 0.25) is 0 Å². The first-order chi connectivity index (χ1) is 11.3. The van der Waals surface area contributed by atoms with Crippen molar-refractivity contribution in [2.24, 2.45) is 11.8 Å². The maximum Gasteiger partial charge on any atom is 0.251 e. The number of benzene rings is 1. The largest absolute Gasteiger partial charge is 0.349 e. The molecule has 6 heteroatoms. The Bertz CT molecular complexity index is 667. The molecule has 2 aliphatic rings. The second-order valence-corrected chi connectivity index (χ2v) is 6.72. The Kier molecular flexibility index (Phi) is 3.81. The Morgan fingerprint density at radius 2 is 2.04 bits per heavy atom. The van der Waals surface area contributed by atoms with Crippen LogP contribution in [0, 0.1) is 11.8 Å². The van der Waals surface area contributed by atoms with Crippen LogP contribution in [0.3, 0.4) is 0 Å². The average molecular weight is 311 g/mol. The number of rotatable bonds is 4. The number of tetrazole rings is 1. The molecule has 23 heavy (non-hydrogen) atoms. The number of hydrogen-bond acceptors (Lipinski definition) is 4. The summed E-state index contributed by atoms with van der Waals surface area (Å²) in [5.41, 5.74) is 1.80. The number of aromatic nitrogens is 4. The predicted octanol–water partition coefficient (Wildman–Crippen LogP) is 2.03. The minimum atomic E-state index is 0.0523. The van der Waals surface area contributed by atoms with Crippen molar-refractivity contribution in [1.82, 2.24) is 25.5 Å². The number of hydrogen-bond donors (Lipinski definition) is 1. The van der Waals surface area contributed by atoms with Gasteiger partial charge >= 0.3 is 0 Å². The smallest absolute Gasteiger partial charge is 0.251 e. The second-order valence-electron chi connectivity index (χ2n) is 6.72. The van der Waals surface area contributed by atoms with E-state index in [-0.39, 0.29) is 5.91 Å². The van der Waals surface area contributed by atoms with E-state index in [1.54, 1.807) is 11.0 Å². The third-order valence-electron chi connectivity index (χ3n) is 5.35. The molecule has 2 saturated carbocycles. The maximum absolute atomic E-state index is 12.5. The van der Waals surface area contributed by atoms with Crippen LogP contribution in [-0.2, 0) is 6.54 Å². The van der Waals surface area contributed by atoms with Crippen molar-refractivity contribution in [3.63, 3.8) is 0 Å². The number of amides is 1. The van der Waals surface area contributed by atoms with Gasteiger partial charge < -0.3 is 5.32 Å². The molecule has 0 spiro atoms. The molecule has 1 aromatic carbocycles. The summed E-state index contributed by atoms with van der Waals surface area (Å²) in [6, 6.07) is 8.07. The first-order valence-corrected chi connectivity index (χ1v) is 8.40. The fraction of sp³-hybridized carbons (Fsp3) is 0.529. The molecule has 1 N–H and O–H groups in total. The molecular formula is C17H21N5O. The predicted molar refractivity (Wildman–Crippen MR) is 84.7 cm³/mol. The van der Waals surface area contributed by atoms with E-state index in [4.69, 9.17) is 0 Å². The van der Waals surface area contributed by atoms with E-state index in [0.717, 1.165) is 23.5 Å². The molecule has 6 nitrogen and oxygen atoms in total. The lowest BCUT2D eigenvalue weighted by atomic mass is 9.97. The molecule has 1 amide bonds. The highest BCUT2D eigenvalue weighted by atomic mass is 16.1. The van der Waals surface area contributed by atoms with Gasteiger partial charge in [-0.2, -0.15) is 0 Å². The first-order valence-electron chi connectivity index (χ1n) is 8.40. The van der Waals surface area contributed by atoms with Crippen molar-refractivity contribution in [3.05, 3.63) is 41.7 Å². The van der Waals surface area contributed by atoms with E-state index in [9.17, 15) is 4.79 Å². The van der Waals surface area contributed by atoms with Gasteiger partial charge in [0.15, 0.2) is 0 Å². The van der Waals surface area contributed by atoms with Gasteiger partial charge in [-0.25, -0.2) is 4.68 Å². The van der Waals surface area contributed by atoms with Gasteiger partial charge in [-0.15, -0.1) is 5.10 Å². The van der Waals surface area contributed by atoms with Crippen LogP contribution < -0.4 is 5.32 Å². The van der Waals surface area contributed by atoms with Crippen LogP contribution in [0.15, 0.2) is 30.6 Å². The molecule has 1 aromatic heterocycles. The van der Waals surface area contributed by atoms with E-state index in [1.165, 1.54) is 25.7 Å². The van der Waals surface area contributed by atoms with Gasteiger partial charge in [-0.3, -0.25) is 4.79 Å². The Morgan fingerprint density at radius 1 is 1.17 bits per heavy atom. The summed E-state index contributed by atoms with van der Waals surface area (Å²) in [4.78, 5) is 12.5. The molecule has 2 aromatic rings. The van der Waals surface area contributed by atoms with Gasteiger partial charge in [0.05, 0.1) is 6.54 Å². The summed E-state index contributed by atoms with van der Waals surface area (Å²) in [7, 11) is 0. The molecule has 0 unspecified atom stereocenters. The van der Waals surface area contributed by atoms with Crippen molar-refractivity contribution in [2.45, 2.75) is 44.7 Å². The molecule has 4 rings (SSSR count). The molecule has 0 aliphatic heterocycles. The van der Waals surface area contributed by atoms with Gasteiger partial charge in [0.1, 0.15) is 6.33 Å². The number of carbonyl (C=O) groups excluding carboxylic acids is 1. The number of nitrogens with zero attached hydrogens (tertiary/aromatic N) is 4. The Balaban J connectivity index is 1.38. The van der Waals surface area contributed by atoms with Crippen molar-refractivity contribution in [2.75, 3.05) is 0 Å². The van der Waals surface area contributed by atoms with Gasteiger partial charge in [-0.1, -0.05) is 25.0 Å². The highest BCUT2D eigenvalue weighted by molar-refractivity contribution is 5.94. The third kappa shape index (κ3) is 2.98. The summed E-state index contributed by atoms with van der Waals surface area (Å²) < 4.78 is 1.66. The molecule has 2 fully saturated rings. The highest BCUT2D eigenvalue weighted by Crippen LogP contribution is 2.43. The zero-order chi connectivity index (χ0) is 15.6. The first kappa shape index (κ1) is 14.4. The number of fused-ring (bicyclic) bond motifs is 1. The second kappa shape index (κ2) is 6.10. The lowest BCUT2D eigenvalue weighted by Crippen LogP contribution is -2.37. The molecule has 0 bridgehead atoms. The van der Waals surface area contributed by atoms with Crippen molar-refractivity contribution in [1.29, 1.82) is 0 Å². The topological polar surface area (TPSA) is 72.7 Å². The van der Waals surface area contributed by atoms with Crippen LogP contribution in [0.5, 0.6) is 0 Å². The van der Waals surface area contributed by atoms with E-state index in [0.29, 0.717) is 18.5 Å². The van der Waals surface area contributed by atoms with Crippen molar-refractivity contribution in [3.8, 4) is 0 Å². The minimum absolute atomic E-state index is 0.0523. The van der Waals surface area contributed by atoms with E-state index in [1.807, 2.05) is 24.3 Å². The average Bonchev–Trinajstić information content (AvgIpc) is 3.28. The molecule has 2 aliphatic carbocycles. The fourth-order valence-corrected chi connectivity index (χ4v) is 4.19. The minimum Gasteiger partial charge on any atom is -0.349 e. The molecule has 0 saturated heterocycles. The van der Waals surface area contributed by atoms with Gasteiger partial charge in [0, 0.05) is 11.6 Å². The van der Waals surface area contributed by atoms with Crippen LogP contribution in [-0.4, -0.2) is 32.2 Å². The molecule has 3 atom stereocenters. The number of nitrogens with one attached hydrogen (secondary N) is 1. The quantitative estimate of drug-likeness (QED) is 0.937. The summed E-state index contributed by atoms with van der Waals surface area (Å²) in [6.45, 7) is 0.612. The van der Waals surface area contributed by atoms with Gasteiger partial charge in [-0.05, 0) is 59.2 Å². The SMILES string of the molecule is O=C(N[C@H]1CC[C@@H]2CCC[C@@H]21)c1ccc(Cn2cnnn2)cc1. The normalized spacial score (nSPS) is 26.2. The Morgan fingerprint density at radius 3 is 2.83 bits per heavy atom. The highest BCUT2D eigenvalue weighted by Gasteiger charge is 2.39. The Hall–Kier alpha value is -2.24. The molecule has 120 valence electrons. The lowest BCUT2D eigenvalue weighted by Gasteiger charge is -2.20. The summed E-state index contributed by atoms with van der Waals surface area (Å²) in [5, 5.41) is 14.3. The monoisotopic (exact) mass is 311 g/mol. The van der Waals surface area contributed by atoms with E-state index < -0.39 is 0 Å². The number of carbonyl (C=O) groups is 1. The Labute approximate surface area is 135 Å². The lowest BCUT2D eigenvalue weighted by molar-refractivity contribution is 0.0926. The van der Waals surface area contributed by atoms with E-state index >= 15 is 0 Å². The van der Waals surface area contributed by atoms with Crippen LogP contribution >= 0.6 is 0 Å². The van der Waals surface area contributed by atoms with Gasteiger partial charge in [0.25, 0.3) is 5.91 Å². The zero-order valence-corrected chi connectivity index (χ0v) is 13.1. The molecule has 1 heterocycles. The molecule has 0 radical (unpaired) electrons. The van der Waals surface area contributed by atoms with Crippen molar-refractivity contribution < 1.29 is 4.79 Å². The zero-order valence-electron chi connectivity index (χ0n) is 13.1. The van der Waals surface area contributed by atoms with Crippen molar-refractivity contribution >= 4 is 5.91 Å².